The van der Waals surface area contributed by atoms with Crippen molar-refractivity contribution in [3.63, 3.8) is 0 Å². The molecule has 0 spiro atoms. The predicted molar refractivity (Wildman–Crippen MR) is 91.5 cm³/mol. The van der Waals surface area contributed by atoms with E-state index < -0.39 is 4.92 Å². The lowest BCUT2D eigenvalue weighted by atomic mass is 10.3. The molecule has 0 aliphatic rings. The van der Waals surface area contributed by atoms with Crippen LogP contribution >= 0.6 is 11.3 Å². The maximum Gasteiger partial charge on any atom is 0.270 e. The van der Waals surface area contributed by atoms with Crippen molar-refractivity contribution >= 4 is 32.4 Å². The molecule has 0 aliphatic heterocycles. The van der Waals surface area contributed by atoms with Gasteiger partial charge in [0.2, 0.25) is 0 Å². The third-order valence-electron chi connectivity index (χ3n) is 3.34. The number of hydrogen-bond donors (Lipinski definition) is 0. The summed E-state index contributed by atoms with van der Waals surface area (Å²) in [5.41, 5.74) is 0.856. The lowest BCUT2D eigenvalue weighted by Gasteiger charge is -2.15. The van der Waals surface area contributed by atoms with Crippen LogP contribution in [0.2, 0.25) is 0 Å². The molecule has 0 saturated heterocycles. The van der Waals surface area contributed by atoms with Gasteiger partial charge in [0.25, 0.3) is 5.69 Å². The molecule has 118 valence electrons. The Morgan fingerprint density at radius 1 is 1.26 bits per heavy atom. The van der Waals surface area contributed by atoms with Crippen LogP contribution in [0.1, 0.15) is 0 Å². The van der Waals surface area contributed by atoms with Gasteiger partial charge in [-0.2, -0.15) is 0 Å². The lowest BCUT2D eigenvalue weighted by Crippen LogP contribution is -2.23. The van der Waals surface area contributed by atoms with Gasteiger partial charge in [-0.1, -0.05) is 29.5 Å². The highest BCUT2D eigenvalue weighted by Crippen LogP contribution is 2.30. The number of nitro groups is 1. The fourth-order valence-corrected chi connectivity index (χ4v) is 3.08. The summed E-state index contributed by atoms with van der Waals surface area (Å²) in [6, 6.07) is 14.4. The molecule has 3 aromatic rings. The first-order chi connectivity index (χ1) is 11.1. The maximum absolute atomic E-state index is 10.8. The highest BCUT2D eigenvalue weighted by atomic mass is 32.1. The molecule has 0 N–H and O–H groups in total. The summed E-state index contributed by atoms with van der Waals surface area (Å²) in [7, 11) is 1.93. The molecule has 0 fully saturated rings. The topological polar surface area (TPSA) is 68.5 Å². The number of ether oxygens (including phenoxy) is 1. The van der Waals surface area contributed by atoms with E-state index in [4.69, 9.17) is 4.74 Å². The molecule has 3 rings (SSSR count). The number of benzene rings is 2. The number of thiazole rings is 1. The molecule has 1 heterocycles. The molecule has 0 atom stereocenters. The fourth-order valence-electron chi connectivity index (χ4n) is 2.09. The molecule has 6 nitrogen and oxygen atoms in total. The molecule has 0 radical (unpaired) electrons. The van der Waals surface area contributed by atoms with Crippen molar-refractivity contribution in [1.82, 2.24) is 4.98 Å². The summed E-state index contributed by atoms with van der Waals surface area (Å²) >= 11 is 1.44. The average molecular weight is 329 g/mol. The molecule has 23 heavy (non-hydrogen) atoms. The number of nitro benzene ring substituents is 1. The fraction of sp³-hybridized carbons (Fsp3) is 0.188. The third kappa shape index (κ3) is 3.57. The first-order valence-corrected chi connectivity index (χ1v) is 7.89. The van der Waals surface area contributed by atoms with E-state index >= 15 is 0 Å². The Hall–Kier alpha value is -2.67. The average Bonchev–Trinajstić information content (AvgIpc) is 2.99. The van der Waals surface area contributed by atoms with Crippen molar-refractivity contribution in [1.29, 1.82) is 0 Å². The summed E-state index contributed by atoms with van der Waals surface area (Å²) in [6.45, 7) is 1.22. The number of fused-ring (bicyclic) bond motifs is 1. The van der Waals surface area contributed by atoms with E-state index in [0.717, 1.165) is 21.1 Å². The normalized spacial score (nSPS) is 10.7. The summed E-state index contributed by atoms with van der Waals surface area (Å²) in [6.07, 6.45) is 0. The first kappa shape index (κ1) is 15.2. The second kappa shape index (κ2) is 6.62. The lowest BCUT2D eigenvalue weighted by molar-refractivity contribution is -0.384. The number of para-hydroxylation sites is 1. The monoisotopic (exact) mass is 329 g/mol. The first-order valence-electron chi connectivity index (χ1n) is 7.07. The van der Waals surface area contributed by atoms with Gasteiger partial charge in [0.15, 0.2) is 5.13 Å². The highest BCUT2D eigenvalue weighted by molar-refractivity contribution is 7.22. The zero-order valence-corrected chi connectivity index (χ0v) is 13.3. The summed E-state index contributed by atoms with van der Waals surface area (Å²) in [5, 5.41) is 11.6. The van der Waals surface area contributed by atoms with Gasteiger partial charge in [-0.15, -0.1) is 0 Å². The van der Waals surface area contributed by atoms with Crippen LogP contribution in [0.15, 0.2) is 48.5 Å². The summed E-state index contributed by atoms with van der Waals surface area (Å²) < 4.78 is 6.48. The SMILES string of the molecule is CN(CCOc1ccccc1)c1nc2ccc([N+](=O)[O-])cc2s1. The van der Waals surface area contributed by atoms with Gasteiger partial charge >= 0.3 is 0 Å². The van der Waals surface area contributed by atoms with Crippen LogP contribution in [0, 0.1) is 10.1 Å². The number of aromatic nitrogens is 1. The molecule has 0 saturated carbocycles. The van der Waals surface area contributed by atoms with E-state index in [2.05, 4.69) is 4.98 Å². The Labute approximate surface area is 137 Å². The van der Waals surface area contributed by atoms with Gasteiger partial charge in [-0.3, -0.25) is 10.1 Å². The van der Waals surface area contributed by atoms with Gasteiger partial charge < -0.3 is 9.64 Å². The smallest absolute Gasteiger partial charge is 0.270 e. The molecule has 7 heteroatoms. The van der Waals surface area contributed by atoms with Crippen molar-refractivity contribution in [2.45, 2.75) is 0 Å². The van der Waals surface area contributed by atoms with E-state index in [1.807, 2.05) is 42.3 Å². The van der Waals surface area contributed by atoms with Crippen molar-refractivity contribution in [2.24, 2.45) is 0 Å². The standard InChI is InChI=1S/C16H15N3O3S/c1-18(9-10-22-13-5-3-2-4-6-13)16-17-14-8-7-12(19(20)21)11-15(14)23-16/h2-8,11H,9-10H2,1H3. The number of rotatable bonds is 6. The Kier molecular flexibility index (Phi) is 4.38. The van der Waals surface area contributed by atoms with Crippen molar-refractivity contribution in [3.8, 4) is 5.75 Å². The van der Waals surface area contributed by atoms with Gasteiger partial charge in [0.1, 0.15) is 12.4 Å². The second-order valence-electron chi connectivity index (χ2n) is 4.99. The largest absolute Gasteiger partial charge is 0.492 e. The van der Waals surface area contributed by atoms with E-state index in [9.17, 15) is 10.1 Å². The molecule has 1 aromatic heterocycles. The number of hydrogen-bond acceptors (Lipinski definition) is 6. The van der Waals surface area contributed by atoms with Crippen molar-refractivity contribution in [3.05, 3.63) is 58.6 Å². The van der Waals surface area contributed by atoms with Crippen LogP contribution < -0.4 is 9.64 Å². The molecule has 0 bridgehead atoms. The van der Waals surface area contributed by atoms with Gasteiger partial charge in [0, 0.05) is 19.2 Å². The van der Waals surface area contributed by atoms with E-state index in [1.54, 1.807) is 12.1 Å². The molecule has 0 unspecified atom stereocenters. The molecular formula is C16H15N3O3S. The van der Waals surface area contributed by atoms with Crippen LogP contribution in [-0.2, 0) is 0 Å². The van der Waals surface area contributed by atoms with Crippen LogP contribution in [0.25, 0.3) is 10.2 Å². The van der Waals surface area contributed by atoms with Crippen molar-refractivity contribution in [2.75, 3.05) is 25.1 Å². The minimum absolute atomic E-state index is 0.0859. The van der Waals surface area contributed by atoms with Crippen molar-refractivity contribution < 1.29 is 9.66 Å². The quantitative estimate of drug-likeness (QED) is 0.509. The number of nitrogens with zero attached hydrogens (tertiary/aromatic N) is 3. The van der Waals surface area contributed by atoms with Crippen LogP contribution in [0.5, 0.6) is 5.75 Å². The van der Waals surface area contributed by atoms with Gasteiger partial charge in [-0.25, -0.2) is 4.98 Å². The number of likely N-dealkylation sites (N-methyl/N-ethyl adjacent to an activating group) is 1. The Balaban J connectivity index is 1.66. The molecule has 0 aliphatic carbocycles. The maximum atomic E-state index is 10.8. The minimum atomic E-state index is -0.393. The van der Waals surface area contributed by atoms with Crippen LogP contribution in [-0.4, -0.2) is 30.1 Å². The summed E-state index contributed by atoms with van der Waals surface area (Å²) in [4.78, 5) is 16.9. The molecular weight excluding hydrogens is 314 g/mol. The van der Waals surface area contributed by atoms with E-state index in [0.29, 0.717) is 13.2 Å². The number of anilines is 1. The predicted octanol–water partition coefficient (Wildman–Crippen LogP) is 3.72. The van der Waals surface area contributed by atoms with Gasteiger partial charge in [-0.05, 0) is 18.2 Å². The molecule has 0 amide bonds. The third-order valence-corrected chi connectivity index (χ3v) is 4.47. The Morgan fingerprint density at radius 3 is 2.78 bits per heavy atom. The minimum Gasteiger partial charge on any atom is -0.492 e. The van der Waals surface area contributed by atoms with Crippen LogP contribution in [0.3, 0.4) is 0 Å². The van der Waals surface area contributed by atoms with Crippen LogP contribution in [0.4, 0.5) is 10.8 Å². The van der Waals surface area contributed by atoms with E-state index in [-0.39, 0.29) is 5.69 Å². The summed E-state index contributed by atoms with van der Waals surface area (Å²) in [5.74, 6) is 0.834. The van der Waals surface area contributed by atoms with Gasteiger partial charge in [0.05, 0.1) is 21.7 Å². The molecule has 2 aromatic carbocycles. The highest BCUT2D eigenvalue weighted by Gasteiger charge is 2.12. The zero-order valence-electron chi connectivity index (χ0n) is 12.5. The Morgan fingerprint density at radius 2 is 2.04 bits per heavy atom. The Bertz CT molecular complexity index is 820. The second-order valence-corrected chi connectivity index (χ2v) is 6.00. The van der Waals surface area contributed by atoms with E-state index in [1.165, 1.54) is 17.4 Å². The zero-order chi connectivity index (χ0) is 16.2. The number of non-ortho nitro benzene ring substituents is 1.